The van der Waals surface area contributed by atoms with E-state index < -0.39 is 0 Å². The molecule has 0 bridgehead atoms. The fourth-order valence-corrected chi connectivity index (χ4v) is 1.68. The molecule has 2 rings (SSSR count). The van der Waals surface area contributed by atoms with Crippen molar-refractivity contribution in [2.75, 3.05) is 0 Å². The SMILES string of the molecule is OCc1cc(-c2cnco2)cs1. The van der Waals surface area contributed by atoms with Crippen molar-refractivity contribution in [3.8, 4) is 11.3 Å². The lowest BCUT2D eigenvalue weighted by atomic mass is 10.2. The van der Waals surface area contributed by atoms with Crippen LogP contribution in [0.15, 0.2) is 28.5 Å². The Morgan fingerprint density at radius 1 is 1.58 bits per heavy atom. The second-order valence-electron chi connectivity index (χ2n) is 2.33. The lowest BCUT2D eigenvalue weighted by molar-refractivity contribution is 0.285. The summed E-state index contributed by atoms with van der Waals surface area (Å²) in [6, 6.07) is 1.89. The van der Waals surface area contributed by atoms with Gasteiger partial charge in [-0.05, 0) is 6.07 Å². The molecule has 0 aliphatic carbocycles. The Hall–Kier alpha value is -1.13. The zero-order valence-corrected chi connectivity index (χ0v) is 7.04. The number of aliphatic hydroxyl groups excluding tert-OH is 1. The molecule has 0 aromatic carbocycles. The van der Waals surface area contributed by atoms with E-state index >= 15 is 0 Å². The van der Waals surface area contributed by atoms with Gasteiger partial charge in [0.15, 0.2) is 12.2 Å². The molecule has 0 radical (unpaired) electrons. The standard InChI is InChI=1S/C8H7NO2S/c10-3-7-1-6(4-12-7)8-2-9-5-11-8/h1-2,4-5,10H,3H2. The molecule has 0 unspecified atom stereocenters. The van der Waals surface area contributed by atoms with Crippen molar-refractivity contribution in [2.45, 2.75) is 6.61 Å². The van der Waals surface area contributed by atoms with E-state index in [0.29, 0.717) is 0 Å². The van der Waals surface area contributed by atoms with Crippen molar-refractivity contribution in [2.24, 2.45) is 0 Å². The van der Waals surface area contributed by atoms with E-state index in [1.165, 1.54) is 17.7 Å². The topological polar surface area (TPSA) is 46.3 Å². The summed E-state index contributed by atoms with van der Waals surface area (Å²) in [5.41, 5.74) is 0.974. The summed E-state index contributed by atoms with van der Waals surface area (Å²) in [4.78, 5) is 4.74. The highest BCUT2D eigenvalue weighted by molar-refractivity contribution is 7.10. The van der Waals surface area contributed by atoms with E-state index in [-0.39, 0.29) is 6.61 Å². The summed E-state index contributed by atoms with van der Waals surface area (Å²) in [6.45, 7) is 0.0821. The van der Waals surface area contributed by atoms with Gasteiger partial charge in [-0.25, -0.2) is 4.98 Å². The minimum atomic E-state index is 0.0821. The van der Waals surface area contributed by atoms with Gasteiger partial charge in [-0.15, -0.1) is 11.3 Å². The fourth-order valence-electron chi connectivity index (χ4n) is 0.951. The van der Waals surface area contributed by atoms with Crippen LogP contribution in [0.1, 0.15) is 4.88 Å². The van der Waals surface area contributed by atoms with Crippen molar-refractivity contribution in [1.82, 2.24) is 4.98 Å². The molecule has 2 aromatic heterocycles. The van der Waals surface area contributed by atoms with Crippen LogP contribution in [0, 0.1) is 0 Å². The Labute approximate surface area is 73.3 Å². The lowest BCUT2D eigenvalue weighted by Gasteiger charge is -1.85. The molecule has 0 amide bonds. The zero-order chi connectivity index (χ0) is 8.39. The van der Waals surface area contributed by atoms with E-state index in [9.17, 15) is 0 Å². The minimum absolute atomic E-state index is 0.0821. The smallest absolute Gasteiger partial charge is 0.181 e. The first-order chi connectivity index (χ1) is 5.90. The molecular formula is C8H7NO2S. The third-order valence-electron chi connectivity index (χ3n) is 1.53. The third-order valence-corrected chi connectivity index (χ3v) is 2.45. The Balaban J connectivity index is 2.35. The van der Waals surface area contributed by atoms with Crippen molar-refractivity contribution >= 4 is 11.3 Å². The summed E-state index contributed by atoms with van der Waals surface area (Å²) < 4.78 is 5.09. The van der Waals surface area contributed by atoms with Crippen LogP contribution in [0.2, 0.25) is 0 Å². The summed E-state index contributed by atoms with van der Waals surface area (Å²) >= 11 is 1.51. The number of aliphatic hydroxyl groups is 1. The number of aromatic nitrogens is 1. The summed E-state index contributed by atoms with van der Waals surface area (Å²) in [5, 5.41) is 10.7. The molecule has 0 aliphatic rings. The van der Waals surface area contributed by atoms with Crippen LogP contribution >= 0.6 is 11.3 Å². The third kappa shape index (κ3) is 1.26. The maximum atomic E-state index is 8.81. The van der Waals surface area contributed by atoms with Gasteiger partial charge < -0.3 is 9.52 Å². The first-order valence-electron chi connectivity index (χ1n) is 3.47. The van der Waals surface area contributed by atoms with Gasteiger partial charge in [0.2, 0.25) is 0 Å². The van der Waals surface area contributed by atoms with Crippen molar-refractivity contribution < 1.29 is 9.52 Å². The molecule has 12 heavy (non-hydrogen) atoms. The van der Waals surface area contributed by atoms with Gasteiger partial charge in [-0.2, -0.15) is 0 Å². The summed E-state index contributed by atoms with van der Waals surface area (Å²) in [5.74, 6) is 0.742. The maximum Gasteiger partial charge on any atom is 0.181 e. The maximum absolute atomic E-state index is 8.81. The van der Waals surface area contributed by atoms with Crippen LogP contribution in [0.5, 0.6) is 0 Å². The van der Waals surface area contributed by atoms with Gasteiger partial charge in [0.25, 0.3) is 0 Å². The van der Waals surface area contributed by atoms with Gasteiger partial charge in [0.1, 0.15) is 0 Å². The number of rotatable bonds is 2. The van der Waals surface area contributed by atoms with Gasteiger partial charge in [-0.1, -0.05) is 0 Å². The second kappa shape index (κ2) is 3.08. The van der Waals surface area contributed by atoms with Gasteiger partial charge >= 0.3 is 0 Å². The molecule has 3 nitrogen and oxygen atoms in total. The van der Waals surface area contributed by atoms with Crippen LogP contribution in [-0.4, -0.2) is 10.1 Å². The molecule has 0 atom stereocenters. The fraction of sp³-hybridized carbons (Fsp3) is 0.125. The first kappa shape index (κ1) is 7.52. The second-order valence-corrected chi connectivity index (χ2v) is 3.32. The molecule has 1 N–H and O–H groups in total. The molecule has 0 saturated carbocycles. The number of nitrogens with zero attached hydrogens (tertiary/aromatic N) is 1. The minimum Gasteiger partial charge on any atom is -0.443 e. The summed E-state index contributed by atoms with van der Waals surface area (Å²) in [6.07, 6.45) is 3.05. The predicted molar refractivity (Wildman–Crippen MR) is 45.7 cm³/mol. The number of thiophene rings is 1. The van der Waals surface area contributed by atoms with Crippen molar-refractivity contribution in [3.05, 3.63) is 28.9 Å². The van der Waals surface area contributed by atoms with E-state index in [1.807, 2.05) is 11.4 Å². The first-order valence-corrected chi connectivity index (χ1v) is 4.35. The highest BCUT2D eigenvalue weighted by Crippen LogP contribution is 2.24. The number of hydrogen-bond donors (Lipinski definition) is 1. The normalized spacial score (nSPS) is 10.4. The lowest BCUT2D eigenvalue weighted by Crippen LogP contribution is -1.72. The highest BCUT2D eigenvalue weighted by Gasteiger charge is 2.03. The quantitative estimate of drug-likeness (QED) is 0.769. The zero-order valence-electron chi connectivity index (χ0n) is 6.23. The van der Waals surface area contributed by atoms with Crippen LogP contribution in [0.3, 0.4) is 0 Å². The number of hydrogen-bond acceptors (Lipinski definition) is 4. The molecule has 0 fully saturated rings. The number of oxazole rings is 1. The van der Waals surface area contributed by atoms with Crippen LogP contribution < -0.4 is 0 Å². The Morgan fingerprint density at radius 3 is 3.08 bits per heavy atom. The highest BCUT2D eigenvalue weighted by atomic mass is 32.1. The molecule has 0 aliphatic heterocycles. The molecule has 0 saturated heterocycles. The molecule has 2 aromatic rings. The summed E-state index contributed by atoms with van der Waals surface area (Å²) in [7, 11) is 0. The average Bonchev–Trinajstić information content (AvgIpc) is 2.75. The monoisotopic (exact) mass is 181 g/mol. The van der Waals surface area contributed by atoms with E-state index in [4.69, 9.17) is 9.52 Å². The molecular weight excluding hydrogens is 174 g/mol. The van der Waals surface area contributed by atoms with Gasteiger partial charge in [0.05, 0.1) is 12.8 Å². The predicted octanol–water partition coefficient (Wildman–Crippen LogP) is 1.90. The molecule has 2 heterocycles. The molecule has 0 spiro atoms. The van der Waals surface area contributed by atoms with Crippen molar-refractivity contribution in [3.63, 3.8) is 0 Å². The van der Waals surface area contributed by atoms with Crippen LogP contribution in [0.25, 0.3) is 11.3 Å². The Morgan fingerprint density at radius 2 is 2.50 bits per heavy atom. The van der Waals surface area contributed by atoms with Crippen LogP contribution in [0.4, 0.5) is 0 Å². The van der Waals surface area contributed by atoms with Crippen molar-refractivity contribution in [1.29, 1.82) is 0 Å². The van der Waals surface area contributed by atoms with Gasteiger partial charge in [0, 0.05) is 15.8 Å². The van der Waals surface area contributed by atoms with Gasteiger partial charge in [-0.3, -0.25) is 0 Å². The Kier molecular flexibility index (Phi) is 1.93. The van der Waals surface area contributed by atoms with E-state index in [2.05, 4.69) is 4.98 Å². The largest absolute Gasteiger partial charge is 0.443 e. The van der Waals surface area contributed by atoms with Crippen LogP contribution in [-0.2, 0) is 6.61 Å². The van der Waals surface area contributed by atoms with E-state index in [1.54, 1.807) is 6.20 Å². The average molecular weight is 181 g/mol. The molecule has 62 valence electrons. The molecule has 4 heteroatoms. The van der Waals surface area contributed by atoms with E-state index in [0.717, 1.165) is 16.2 Å². The Bertz CT molecular complexity index is 353.